The van der Waals surface area contributed by atoms with E-state index in [2.05, 4.69) is 4.74 Å². The lowest BCUT2D eigenvalue weighted by Crippen LogP contribution is -2.43. The molecule has 126 valence electrons. The Morgan fingerprint density at radius 3 is 2.36 bits per heavy atom. The molecule has 8 heteroatoms. The zero-order valence-corrected chi connectivity index (χ0v) is 13.7. The van der Waals surface area contributed by atoms with E-state index in [9.17, 15) is 21.9 Å². The lowest BCUT2D eigenvalue weighted by atomic mass is 10.0. The number of alkyl halides is 2. The molecule has 0 spiro atoms. The van der Waals surface area contributed by atoms with Crippen molar-refractivity contribution in [2.45, 2.75) is 45.7 Å². The molecular weight excluding hydrogens is 319 g/mol. The number of benzene rings is 1. The SMILES string of the molecule is C[C@H](c1ccc(OCC(F)F)c(F)c1)N(S(=O)O)C(C)(C)C. The number of hydrogen-bond donors (Lipinski definition) is 1. The molecule has 0 aromatic heterocycles. The molecule has 0 fully saturated rings. The average molecular weight is 339 g/mol. The van der Waals surface area contributed by atoms with Gasteiger partial charge in [0.25, 0.3) is 6.43 Å². The highest BCUT2D eigenvalue weighted by Crippen LogP contribution is 2.31. The second-order valence-electron chi connectivity index (χ2n) is 5.80. The van der Waals surface area contributed by atoms with Crippen LogP contribution in [0.2, 0.25) is 0 Å². The first-order chi connectivity index (χ1) is 10.0. The van der Waals surface area contributed by atoms with Gasteiger partial charge >= 0.3 is 0 Å². The minimum atomic E-state index is -2.69. The summed E-state index contributed by atoms with van der Waals surface area (Å²) in [6, 6.07) is 3.30. The number of hydrogen-bond acceptors (Lipinski definition) is 2. The Hall–Kier alpha value is -1.12. The van der Waals surface area contributed by atoms with E-state index < -0.39 is 41.7 Å². The third kappa shape index (κ3) is 4.96. The number of rotatable bonds is 6. The van der Waals surface area contributed by atoms with Crippen molar-refractivity contribution in [1.82, 2.24) is 4.31 Å². The summed E-state index contributed by atoms with van der Waals surface area (Å²) >= 11 is -2.24. The van der Waals surface area contributed by atoms with Crippen LogP contribution in [0, 0.1) is 5.82 Å². The van der Waals surface area contributed by atoms with Gasteiger partial charge in [-0.05, 0) is 45.4 Å². The number of halogens is 3. The summed E-state index contributed by atoms with van der Waals surface area (Å²) < 4.78 is 65.0. The molecule has 0 amide bonds. The van der Waals surface area contributed by atoms with E-state index in [1.54, 1.807) is 27.7 Å². The van der Waals surface area contributed by atoms with Crippen LogP contribution in [0.4, 0.5) is 13.2 Å². The Morgan fingerprint density at radius 1 is 1.36 bits per heavy atom. The van der Waals surface area contributed by atoms with Crippen molar-refractivity contribution in [2.24, 2.45) is 0 Å². The highest BCUT2D eigenvalue weighted by molar-refractivity contribution is 7.76. The van der Waals surface area contributed by atoms with Crippen LogP contribution in [0.15, 0.2) is 18.2 Å². The Morgan fingerprint density at radius 2 is 1.95 bits per heavy atom. The minimum Gasteiger partial charge on any atom is -0.485 e. The molecule has 0 bridgehead atoms. The van der Waals surface area contributed by atoms with E-state index in [1.807, 2.05) is 0 Å². The van der Waals surface area contributed by atoms with Crippen molar-refractivity contribution in [2.75, 3.05) is 6.61 Å². The van der Waals surface area contributed by atoms with Crippen LogP contribution in [0.5, 0.6) is 5.75 Å². The van der Waals surface area contributed by atoms with Crippen LogP contribution in [0.3, 0.4) is 0 Å². The summed E-state index contributed by atoms with van der Waals surface area (Å²) in [6.45, 7) is 6.05. The van der Waals surface area contributed by atoms with Crippen LogP contribution < -0.4 is 4.74 Å². The van der Waals surface area contributed by atoms with Gasteiger partial charge in [0.2, 0.25) is 11.3 Å². The summed E-state index contributed by atoms with van der Waals surface area (Å²) in [5.74, 6) is -1.06. The van der Waals surface area contributed by atoms with Gasteiger partial charge in [0.1, 0.15) is 6.61 Å². The van der Waals surface area contributed by atoms with Gasteiger partial charge < -0.3 is 4.74 Å². The Kier molecular flexibility index (Phi) is 6.39. The van der Waals surface area contributed by atoms with E-state index in [0.29, 0.717) is 5.56 Å². The minimum absolute atomic E-state index is 0.274. The first-order valence-corrected chi connectivity index (χ1v) is 7.71. The third-order valence-electron chi connectivity index (χ3n) is 2.98. The van der Waals surface area contributed by atoms with Crippen molar-refractivity contribution in [3.8, 4) is 5.75 Å². The van der Waals surface area contributed by atoms with Crippen molar-refractivity contribution in [3.63, 3.8) is 0 Å². The van der Waals surface area contributed by atoms with Crippen LogP contribution in [-0.2, 0) is 11.3 Å². The Bertz CT molecular complexity index is 535. The highest BCUT2D eigenvalue weighted by atomic mass is 32.2. The maximum absolute atomic E-state index is 13.9. The molecule has 1 N–H and O–H groups in total. The molecule has 22 heavy (non-hydrogen) atoms. The molecule has 0 saturated heterocycles. The van der Waals surface area contributed by atoms with Crippen molar-refractivity contribution in [3.05, 3.63) is 29.6 Å². The van der Waals surface area contributed by atoms with Crippen LogP contribution in [-0.4, -0.2) is 31.6 Å². The smallest absolute Gasteiger partial charge is 0.272 e. The highest BCUT2D eigenvalue weighted by Gasteiger charge is 2.32. The summed E-state index contributed by atoms with van der Waals surface area (Å²) in [4.78, 5) is 0. The first kappa shape index (κ1) is 18.9. The lowest BCUT2D eigenvalue weighted by Gasteiger charge is -2.36. The summed E-state index contributed by atoms with van der Waals surface area (Å²) in [7, 11) is 0. The van der Waals surface area contributed by atoms with Crippen molar-refractivity contribution < 1.29 is 26.7 Å². The van der Waals surface area contributed by atoms with Gasteiger partial charge in [-0.3, -0.25) is 4.55 Å². The molecule has 2 atom stereocenters. The molecule has 1 aromatic carbocycles. The molecule has 0 aliphatic carbocycles. The predicted molar refractivity (Wildman–Crippen MR) is 78.7 cm³/mol. The van der Waals surface area contributed by atoms with Crippen LogP contribution in [0.1, 0.15) is 39.3 Å². The second-order valence-corrected chi connectivity index (χ2v) is 6.65. The maximum atomic E-state index is 13.9. The monoisotopic (exact) mass is 339 g/mol. The maximum Gasteiger partial charge on any atom is 0.272 e. The first-order valence-electron chi connectivity index (χ1n) is 6.64. The van der Waals surface area contributed by atoms with Gasteiger partial charge in [0.15, 0.2) is 11.6 Å². The van der Waals surface area contributed by atoms with Gasteiger partial charge in [-0.1, -0.05) is 6.07 Å². The van der Waals surface area contributed by atoms with Crippen LogP contribution in [0.25, 0.3) is 0 Å². The quantitative estimate of drug-likeness (QED) is 0.803. The van der Waals surface area contributed by atoms with Gasteiger partial charge in [-0.25, -0.2) is 17.4 Å². The van der Waals surface area contributed by atoms with Gasteiger partial charge in [-0.15, -0.1) is 0 Å². The predicted octanol–water partition coefficient (Wildman–Crippen LogP) is 3.77. The fraction of sp³-hybridized carbons (Fsp3) is 0.571. The lowest BCUT2D eigenvalue weighted by molar-refractivity contribution is 0.0798. The zero-order valence-electron chi connectivity index (χ0n) is 12.8. The van der Waals surface area contributed by atoms with Gasteiger partial charge in [0, 0.05) is 11.6 Å². The topological polar surface area (TPSA) is 49.8 Å². The van der Waals surface area contributed by atoms with Gasteiger partial charge in [0.05, 0.1) is 0 Å². The Balaban J connectivity index is 3.01. The van der Waals surface area contributed by atoms with E-state index in [-0.39, 0.29) is 5.75 Å². The summed E-state index contributed by atoms with van der Waals surface area (Å²) in [5.41, 5.74) is -0.181. The van der Waals surface area contributed by atoms with E-state index in [1.165, 1.54) is 16.4 Å². The van der Waals surface area contributed by atoms with Crippen molar-refractivity contribution in [1.29, 1.82) is 0 Å². The van der Waals surface area contributed by atoms with E-state index in [0.717, 1.165) is 6.07 Å². The summed E-state index contributed by atoms with van der Waals surface area (Å²) in [5, 5.41) is 0. The second kappa shape index (κ2) is 7.43. The molecule has 1 rings (SSSR count). The molecule has 0 radical (unpaired) electrons. The largest absolute Gasteiger partial charge is 0.485 e. The average Bonchev–Trinajstić information content (AvgIpc) is 2.34. The normalized spacial score (nSPS) is 15.2. The fourth-order valence-corrected chi connectivity index (χ4v) is 2.99. The van der Waals surface area contributed by atoms with Crippen LogP contribution >= 0.6 is 0 Å². The summed E-state index contributed by atoms with van der Waals surface area (Å²) in [6.07, 6.45) is -2.69. The standard InChI is InChI=1S/C14H20F3NO3S/c1-9(18(22(19)20)14(2,3)4)10-5-6-12(11(15)7-10)21-8-13(16)17/h5-7,9,13H,8H2,1-4H3,(H,19,20)/t9-/m1/s1. The molecule has 1 aromatic rings. The molecule has 1 unspecified atom stereocenters. The van der Waals surface area contributed by atoms with Crippen molar-refractivity contribution >= 4 is 11.3 Å². The number of ether oxygens (including phenoxy) is 1. The van der Waals surface area contributed by atoms with Gasteiger partial charge in [-0.2, -0.15) is 4.31 Å². The number of nitrogens with zero attached hydrogens (tertiary/aromatic N) is 1. The molecule has 4 nitrogen and oxygen atoms in total. The fourth-order valence-electron chi connectivity index (χ4n) is 2.13. The molecule has 0 aliphatic heterocycles. The molecular formula is C14H20F3NO3S. The molecule has 0 heterocycles. The zero-order chi connectivity index (χ0) is 17.1. The molecule has 0 aliphatic rings. The van der Waals surface area contributed by atoms with E-state index >= 15 is 0 Å². The molecule has 0 saturated carbocycles. The van der Waals surface area contributed by atoms with E-state index in [4.69, 9.17) is 0 Å². The third-order valence-corrected chi connectivity index (χ3v) is 4.18. The Labute approximate surface area is 130 Å².